The van der Waals surface area contributed by atoms with Gasteiger partial charge in [-0.15, -0.1) is 0 Å². The molecule has 0 bridgehead atoms. The van der Waals surface area contributed by atoms with Gasteiger partial charge in [-0.05, 0) is 25.8 Å². The van der Waals surface area contributed by atoms with Crippen molar-refractivity contribution in [3.05, 3.63) is 11.8 Å². The van der Waals surface area contributed by atoms with E-state index in [-0.39, 0.29) is 6.04 Å². The molecule has 0 aromatic carbocycles. The second kappa shape index (κ2) is 5.18. The van der Waals surface area contributed by atoms with Gasteiger partial charge in [-0.1, -0.05) is 6.92 Å². The van der Waals surface area contributed by atoms with Crippen molar-refractivity contribution < 1.29 is 0 Å². The molecule has 0 amide bonds. The molecule has 0 fully saturated rings. The third-order valence-corrected chi connectivity index (χ3v) is 1.28. The van der Waals surface area contributed by atoms with E-state index < -0.39 is 0 Å². The lowest BCUT2D eigenvalue weighted by atomic mass is 10.2. The second-order valence-corrected chi connectivity index (χ2v) is 2.40. The molecule has 0 aliphatic carbocycles. The number of hydrogen-bond donors (Lipinski definition) is 1. The molecule has 0 aromatic heterocycles. The fourth-order valence-electron chi connectivity index (χ4n) is 0.393. The lowest BCUT2D eigenvalue weighted by molar-refractivity contribution is 0.857. The molecular formula is C8H16N2. The molecule has 0 rings (SSSR count). The summed E-state index contributed by atoms with van der Waals surface area (Å²) in [5, 5.41) is 0. The van der Waals surface area contributed by atoms with E-state index in [1.165, 1.54) is 0 Å². The SMILES string of the molecule is CCC=N/C=C(/C)C(C)N. The predicted octanol–water partition coefficient (Wildman–Crippen LogP) is 1.72. The van der Waals surface area contributed by atoms with E-state index in [0.717, 1.165) is 12.0 Å². The summed E-state index contributed by atoms with van der Waals surface area (Å²) >= 11 is 0. The van der Waals surface area contributed by atoms with Crippen LogP contribution in [-0.2, 0) is 0 Å². The normalized spacial score (nSPS) is 16.2. The Morgan fingerprint density at radius 1 is 1.70 bits per heavy atom. The van der Waals surface area contributed by atoms with Gasteiger partial charge in [0.1, 0.15) is 0 Å². The summed E-state index contributed by atoms with van der Waals surface area (Å²) < 4.78 is 0. The summed E-state index contributed by atoms with van der Waals surface area (Å²) in [5.74, 6) is 0. The largest absolute Gasteiger partial charge is 0.324 e. The summed E-state index contributed by atoms with van der Waals surface area (Å²) in [6.45, 7) is 5.99. The third-order valence-electron chi connectivity index (χ3n) is 1.28. The van der Waals surface area contributed by atoms with Crippen LogP contribution in [0.15, 0.2) is 16.8 Å². The molecule has 0 heterocycles. The fraction of sp³-hybridized carbons (Fsp3) is 0.625. The van der Waals surface area contributed by atoms with Crippen LogP contribution >= 0.6 is 0 Å². The first-order chi connectivity index (χ1) is 4.68. The predicted molar refractivity (Wildman–Crippen MR) is 46.2 cm³/mol. The molecule has 2 nitrogen and oxygen atoms in total. The Morgan fingerprint density at radius 2 is 2.30 bits per heavy atom. The highest BCUT2D eigenvalue weighted by atomic mass is 14.7. The van der Waals surface area contributed by atoms with Gasteiger partial charge in [0.15, 0.2) is 0 Å². The minimum absolute atomic E-state index is 0.119. The van der Waals surface area contributed by atoms with E-state index in [4.69, 9.17) is 5.73 Å². The molecule has 2 N–H and O–H groups in total. The Balaban J connectivity index is 3.79. The Kier molecular flexibility index (Phi) is 4.85. The van der Waals surface area contributed by atoms with Gasteiger partial charge in [0.25, 0.3) is 0 Å². The monoisotopic (exact) mass is 140 g/mol. The molecule has 0 aliphatic rings. The highest BCUT2D eigenvalue weighted by molar-refractivity contribution is 5.57. The molecule has 2 heteroatoms. The molecule has 1 unspecified atom stereocenters. The van der Waals surface area contributed by atoms with Gasteiger partial charge in [-0.25, -0.2) is 0 Å². The van der Waals surface area contributed by atoms with Crippen molar-refractivity contribution in [2.24, 2.45) is 10.7 Å². The number of hydrogen-bond acceptors (Lipinski definition) is 2. The zero-order valence-electron chi connectivity index (χ0n) is 6.96. The average molecular weight is 140 g/mol. The molecule has 58 valence electrons. The minimum atomic E-state index is 0.119. The lowest BCUT2D eigenvalue weighted by Crippen LogP contribution is -2.15. The maximum Gasteiger partial charge on any atom is 0.0268 e. The topological polar surface area (TPSA) is 38.4 Å². The van der Waals surface area contributed by atoms with E-state index in [1.807, 2.05) is 26.3 Å². The summed E-state index contributed by atoms with van der Waals surface area (Å²) in [7, 11) is 0. The van der Waals surface area contributed by atoms with Gasteiger partial charge in [0.05, 0.1) is 0 Å². The van der Waals surface area contributed by atoms with E-state index >= 15 is 0 Å². The number of nitrogens with zero attached hydrogens (tertiary/aromatic N) is 1. The summed E-state index contributed by atoms with van der Waals surface area (Å²) in [4.78, 5) is 4.04. The molecule has 0 radical (unpaired) electrons. The zero-order valence-corrected chi connectivity index (χ0v) is 6.96. The standard InChI is InChI=1S/C8H16N2/c1-4-5-10-6-7(2)8(3)9/h5-6,8H,4,9H2,1-3H3/b7-6-,10-5?. The fourth-order valence-corrected chi connectivity index (χ4v) is 0.393. The van der Waals surface area contributed by atoms with Crippen molar-refractivity contribution in [1.82, 2.24) is 0 Å². The molecule has 0 saturated carbocycles. The Hall–Kier alpha value is -0.630. The number of rotatable bonds is 3. The number of aliphatic imine (C=N–C) groups is 1. The average Bonchev–Trinajstić information content (AvgIpc) is 1.88. The Morgan fingerprint density at radius 3 is 2.70 bits per heavy atom. The first-order valence-corrected chi connectivity index (χ1v) is 3.62. The summed E-state index contributed by atoms with van der Waals surface area (Å²) in [6.07, 6.45) is 4.66. The zero-order chi connectivity index (χ0) is 7.98. The third kappa shape index (κ3) is 4.27. The van der Waals surface area contributed by atoms with Crippen molar-refractivity contribution in [3.8, 4) is 0 Å². The Labute approximate surface area is 62.8 Å². The van der Waals surface area contributed by atoms with E-state index in [9.17, 15) is 0 Å². The molecule has 1 atom stereocenters. The first kappa shape index (κ1) is 9.37. The van der Waals surface area contributed by atoms with Gasteiger partial charge in [0, 0.05) is 18.5 Å². The molecule has 0 aromatic rings. The Bertz CT molecular complexity index is 134. The summed E-state index contributed by atoms with van der Waals surface area (Å²) in [6, 6.07) is 0.119. The van der Waals surface area contributed by atoms with Crippen molar-refractivity contribution in [3.63, 3.8) is 0 Å². The van der Waals surface area contributed by atoms with Crippen LogP contribution in [0.4, 0.5) is 0 Å². The van der Waals surface area contributed by atoms with E-state index in [1.54, 1.807) is 0 Å². The van der Waals surface area contributed by atoms with Crippen LogP contribution in [0.2, 0.25) is 0 Å². The van der Waals surface area contributed by atoms with Crippen molar-refractivity contribution in [2.45, 2.75) is 33.2 Å². The highest BCUT2D eigenvalue weighted by Gasteiger charge is 1.92. The smallest absolute Gasteiger partial charge is 0.0268 e. The van der Waals surface area contributed by atoms with Gasteiger partial charge >= 0.3 is 0 Å². The maximum absolute atomic E-state index is 5.58. The van der Waals surface area contributed by atoms with Crippen molar-refractivity contribution in [1.29, 1.82) is 0 Å². The van der Waals surface area contributed by atoms with Gasteiger partial charge in [-0.3, -0.25) is 4.99 Å². The molecule has 0 aliphatic heterocycles. The van der Waals surface area contributed by atoms with Crippen molar-refractivity contribution >= 4 is 6.21 Å². The quantitative estimate of drug-likeness (QED) is 0.595. The van der Waals surface area contributed by atoms with Crippen LogP contribution in [0.25, 0.3) is 0 Å². The maximum atomic E-state index is 5.58. The second-order valence-electron chi connectivity index (χ2n) is 2.40. The van der Waals surface area contributed by atoms with E-state index in [0.29, 0.717) is 0 Å². The first-order valence-electron chi connectivity index (χ1n) is 3.62. The molecule has 0 spiro atoms. The van der Waals surface area contributed by atoms with Crippen LogP contribution in [0.5, 0.6) is 0 Å². The van der Waals surface area contributed by atoms with Gasteiger partial charge in [-0.2, -0.15) is 0 Å². The molecule has 10 heavy (non-hydrogen) atoms. The van der Waals surface area contributed by atoms with Crippen LogP contribution in [0.1, 0.15) is 27.2 Å². The van der Waals surface area contributed by atoms with E-state index in [2.05, 4.69) is 11.9 Å². The van der Waals surface area contributed by atoms with Gasteiger partial charge in [0.2, 0.25) is 0 Å². The lowest BCUT2D eigenvalue weighted by Gasteiger charge is -2.01. The van der Waals surface area contributed by atoms with Gasteiger partial charge < -0.3 is 5.73 Å². The number of nitrogens with two attached hydrogens (primary N) is 1. The van der Waals surface area contributed by atoms with Crippen molar-refractivity contribution in [2.75, 3.05) is 0 Å². The minimum Gasteiger partial charge on any atom is -0.324 e. The van der Waals surface area contributed by atoms with Crippen LogP contribution in [-0.4, -0.2) is 12.3 Å². The molecular weight excluding hydrogens is 124 g/mol. The van der Waals surface area contributed by atoms with Crippen LogP contribution in [0, 0.1) is 0 Å². The highest BCUT2D eigenvalue weighted by Crippen LogP contribution is 1.96. The van der Waals surface area contributed by atoms with Crippen LogP contribution in [0.3, 0.4) is 0 Å². The molecule has 0 saturated heterocycles. The summed E-state index contributed by atoms with van der Waals surface area (Å²) in [5.41, 5.74) is 6.69. The van der Waals surface area contributed by atoms with Crippen LogP contribution < -0.4 is 5.73 Å².